The molecule has 38 heavy (non-hydrogen) atoms. The first-order valence-corrected chi connectivity index (χ1v) is 13.2. The lowest BCUT2D eigenvalue weighted by Crippen LogP contribution is -2.41. The van der Waals surface area contributed by atoms with Gasteiger partial charge in [-0.2, -0.15) is 0 Å². The lowest BCUT2D eigenvalue weighted by atomic mass is 9.97. The Bertz CT molecular complexity index is 904. The van der Waals surface area contributed by atoms with Crippen molar-refractivity contribution in [3.8, 4) is 0 Å². The first kappa shape index (κ1) is 30.7. The van der Waals surface area contributed by atoms with Crippen molar-refractivity contribution in [2.75, 3.05) is 21.3 Å². The average molecular weight is 559 g/mol. The Kier molecular flexibility index (Phi) is 11.3. The summed E-state index contributed by atoms with van der Waals surface area (Å²) in [7, 11) is 4.35. The summed E-state index contributed by atoms with van der Waals surface area (Å²) in [6, 6.07) is 0. The molecule has 0 aliphatic carbocycles. The van der Waals surface area contributed by atoms with Gasteiger partial charge >= 0.3 is 11.9 Å². The molecule has 0 aromatic carbocycles. The summed E-state index contributed by atoms with van der Waals surface area (Å²) >= 11 is 6.54. The Labute approximate surface area is 228 Å². The summed E-state index contributed by atoms with van der Waals surface area (Å²) < 4.78 is 34.2. The number of carbonyl (C=O) groups excluding carboxylic acids is 2. The number of fused-ring (bicyclic) bond motifs is 4. The Morgan fingerprint density at radius 2 is 1.89 bits per heavy atom. The number of esters is 2. The summed E-state index contributed by atoms with van der Waals surface area (Å²) in [5.41, 5.74) is 0. The zero-order valence-electron chi connectivity index (χ0n) is 22.4. The highest BCUT2D eigenvalue weighted by Gasteiger charge is 2.48. The van der Waals surface area contributed by atoms with Gasteiger partial charge in [-0.3, -0.25) is 4.79 Å². The molecule has 10 nitrogen and oxygen atoms in total. The predicted octanol–water partition coefficient (Wildman–Crippen LogP) is 2.05. The molecule has 0 aromatic rings. The number of halogens is 1. The summed E-state index contributed by atoms with van der Waals surface area (Å²) in [5.74, 6) is -1.26. The number of carbonyl (C=O) groups is 2. The lowest BCUT2D eigenvalue weighted by Gasteiger charge is -2.27. The topological polar surface area (TPSA) is 130 Å². The standard InChI is InChI=1S/C27H39ClO10/c1-14(11-22(30)34-4)9-10-18(33-3)26-21-13-20(37-26)25(35-5)16(28)7-6-8-17(29)23(31)19-12-15(2)24(36-19)27(32)38-21/h6-10,14-15,17-21,23-26,29,31H,11-13H2,1-5H3/b8-6-,10-9+,16-7-/t14-,15+,17-,18+,19+,20+,21-,23+,24+,25+,26-/m0/s1. The van der Waals surface area contributed by atoms with Crippen molar-refractivity contribution >= 4 is 23.5 Å². The van der Waals surface area contributed by atoms with Crippen LogP contribution in [-0.2, 0) is 38.0 Å². The van der Waals surface area contributed by atoms with E-state index in [2.05, 4.69) is 0 Å². The van der Waals surface area contributed by atoms with E-state index in [0.29, 0.717) is 11.5 Å². The molecule has 4 bridgehead atoms. The van der Waals surface area contributed by atoms with Gasteiger partial charge in [0.25, 0.3) is 0 Å². The third-order valence-electron chi connectivity index (χ3n) is 7.20. The second-order valence-corrected chi connectivity index (χ2v) is 10.5. The fourth-order valence-corrected chi connectivity index (χ4v) is 5.37. The third kappa shape index (κ3) is 7.44. The maximum Gasteiger partial charge on any atom is 0.335 e. The van der Waals surface area contributed by atoms with Gasteiger partial charge in [0.1, 0.15) is 36.6 Å². The fourth-order valence-electron chi connectivity index (χ4n) is 5.07. The second kappa shape index (κ2) is 14.0. The normalized spacial score (nSPS) is 39.9. The molecule has 0 saturated carbocycles. The Morgan fingerprint density at radius 3 is 2.55 bits per heavy atom. The number of hydrogen-bond acceptors (Lipinski definition) is 10. The minimum absolute atomic E-state index is 0.119. The molecule has 0 spiro atoms. The van der Waals surface area contributed by atoms with Crippen molar-refractivity contribution in [3.63, 3.8) is 0 Å². The molecular weight excluding hydrogens is 520 g/mol. The predicted molar refractivity (Wildman–Crippen MR) is 137 cm³/mol. The third-order valence-corrected chi connectivity index (χ3v) is 7.55. The zero-order valence-corrected chi connectivity index (χ0v) is 23.2. The molecule has 3 aliphatic rings. The first-order chi connectivity index (χ1) is 18.1. The number of hydrogen-bond donors (Lipinski definition) is 2. The van der Waals surface area contributed by atoms with Gasteiger partial charge < -0.3 is 38.6 Å². The highest BCUT2D eigenvalue weighted by Crippen LogP contribution is 2.36. The Balaban J connectivity index is 1.91. The van der Waals surface area contributed by atoms with E-state index in [0.717, 1.165) is 0 Å². The van der Waals surface area contributed by atoms with Crippen LogP contribution in [0.4, 0.5) is 0 Å². The van der Waals surface area contributed by atoms with E-state index in [1.165, 1.54) is 33.5 Å². The van der Waals surface area contributed by atoms with Crippen molar-refractivity contribution in [1.29, 1.82) is 0 Å². The number of aliphatic hydroxyl groups excluding tert-OH is 2. The lowest BCUT2D eigenvalue weighted by molar-refractivity contribution is -0.172. The highest BCUT2D eigenvalue weighted by molar-refractivity contribution is 6.30. The van der Waals surface area contributed by atoms with Crippen LogP contribution in [0.3, 0.4) is 0 Å². The fraction of sp³-hybridized carbons (Fsp3) is 0.704. The molecule has 2 saturated heterocycles. The molecule has 11 heteroatoms. The molecule has 11 atom stereocenters. The van der Waals surface area contributed by atoms with Gasteiger partial charge in [-0.15, -0.1) is 0 Å². The first-order valence-electron chi connectivity index (χ1n) is 12.8. The summed E-state index contributed by atoms with van der Waals surface area (Å²) in [6.07, 6.45) is 1.59. The average Bonchev–Trinajstić information content (AvgIpc) is 3.47. The van der Waals surface area contributed by atoms with Crippen LogP contribution in [-0.4, -0.2) is 98.4 Å². The minimum Gasteiger partial charge on any atom is -0.469 e. The molecule has 3 aliphatic heterocycles. The van der Waals surface area contributed by atoms with Gasteiger partial charge in [-0.05, 0) is 24.3 Å². The largest absolute Gasteiger partial charge is 0.469 e. The minimum atomic E-state index is -1.23. The van der Waals surface area contributed by atoms with Crippen LogP contribution in [0.15, 0.2) is 35.4 Å². The maximum absolute atomic E-state index is 13.2. The van der Waals surface area contributed by atoms with Crippen LogP contribution in [0.5, 0.6) is 0 Å². The molecule has 2 N–H and O–H groups in total. The van der Waals surface area contributed by atoms with Crippen LogP contribution < -0.4 is 0 Å². The van der Waals surface area contributed by atoms with Crippen molar-refractivity contribution in [3.05, 3.63) is 35.4 Å². The van der Waals surface area contributed by atoms with Gasteiger partial charge in [0.2, 0.25) is 0 Å². The molecule has 2 fully saturated rings. The Morgan fingerprint density at radius 1 is 1.16 bits per heavy atom. The van der Waals surface area contributed by atoms with Crippen molar-refractivity contribution in [2.45, 2.75) is 88.0 Å². The van der Waals surface area contributed by atoms with E-state index in [9.17, 15) is 19.8 Å². The number of rotatable bonds is 7. The molecular formula is C27H39ClO10. The maximum atomic E-state index is 13.2. The molecule has 0 unspecified atom stereocenters. The summed E-state index contributed by atoms with van der Waals surface area (Å²) in [4.78, 5) is 24.9. The van der Waals surface area contributed by atoms with E-state index in [1.54, 1.807) is 12.2 Å². The van der Waals surface area contributed by atoms with Crippen molar-refractivity contribution < 1.29 is 48.2 Å². The summed E-state index contributed by atoms with van der Waals surface area (Å²) in [5, 5.41) is 21.3. The number of aliphatic hydroxyl groups is 2. The van der Waals surface area contributed by atoms with Crippen LogP contribution in [0.1, 0.15) is 33.1 Å². The zero-order chi connectivity index (χ0) is 28.0. The van der Waals surface area contributed by atoms with E-state index < -0.39 is 60.9 Å². The SMILES string of the molecule is COC(=O)C[C@@H](C)/C=C/[C@@H](OC)[C@@H]1O[C@@H]2C[C@@H]1OC(=O)[C@@H]1O[C@H](C[C@H]1C)[C@H](O)[C@@H](O)/C=C\C=C(/Cl)[C@H]2OC. The number of allylic oxidation sites excluding steroid dienone is 3. The van der Waals surface area contributed by atoms with Gasteiger partial charge in [-0.25, -0.2) is 4.79 Å². The smallest absolute Gasteiger partial charge is 0.335 e. The van der Waals surface area contributed by atoms with Crippen molar-refractivity contribution in [1.82, 2.24) is 0 Å². The van der Waals surface area contributed by atoms with Gasteiger partial charge in [0.15, 0.2) is 6.10 Å². The molecule has 3 heterocycles. The van der Waals surface area contributed by atoms with Gasteiger partial charge in [-0.1, -0.05) is 49.8 Å². The van der Waals surface area contributed by atoms with Crippen LogP contribution >= 0.6 is 11.6 Å². The molecule has 0 radical (unpaired) electrons. The van der Waals surface area contributed by atoms with E-state index in [-0.39, 0.29) is 30.6 Å². The van der Waals surface area contributed by atoms with Crippen molar-refractivity contribution in [2.24, 2.45) is 11.8 Å². The highest BCUT2D eigenvalue weighted by atomic mass is 35.5. The second-order valence-electron chi connectivity index (χ2n) is 10.1. The van der Waals surface area contributed by atoms with Crippen LogP contribution in [0, 0.1) is 11.8 Å². The van der Waals surface area contributed by atoms with Crippen LogP contribution in [0.25, 0.3) is 0 Å². The van der Waals surface area contributed by atoms with E-state index in [4.69, 9.17) is 40.0 Å². The van der Waals surface area contributed by atoms with Gasteiger partial charge in [0, 0.05) is 25.7 Å². The number of methoxy groups -OCH3 is 3. The van der Waals surface area contributed by atoms with E-state index >= 15 is 0 Å². The molecule has 214 valence electrons. The quantitative estimate of drug-likeness (QED) is 0.353. The van der Waals surface area contributed by atoms with Crippen LogP contribution in [0.2, 0.25) is 0 Å². The monoisotopic (exact) mass is 558 g/mol. The molecule has 3 rings (SSSR count). The molecule has 0 aromatic heterocycles. The van der Waals surface area contributed by atoms with Gasteiger partial charge in [0.05, 0.1) is 25.7 Å². The van der Waals surface area contributed by atoms with E-state index in [1.807, 2.05) is 19.9 Å². The summed E-state index contributed by atoms with van der Waals surface area (Å²) in [6.45, 7) is 3.71. The Hall–Kier alpha value is -1.79. The molecule has 0 amide bonds. The number of ether oxygens (including phenoxy) is 6.